The van der Waals surface area contributed by atoms with Crippen LogP contribution in [-0.4, -0.2) is 70.8 Å². The lowest BCUT2D eigenvalue weighted by Crippen LogP contribution is -2.38. The third-order valence-corrected chi connectivity index (χ3v) is 7.79. The van der Waals surface area contributed by atoms with Gasteiger partial charge in [0.25, 0.3) is 0 Å². The molecule has 2 heterocycles. The van der Waals surface area contributed by atoms with E-state index in [9.17, 15) is 12.8 Å². The number of hydrogen-bond acceptors (Lipinski definition) is 6. The van der Waals surface area contributed by atoms with E-state index in [2.05, 4.69) is 11.8 Å². The maximum absolute atomic E-state index is 13.5. The summed E-state index contributed by atoms with van der Waals surface area (Å²) in [5.74, 6) is 0.861. The molecule has 2 atom stereocenters. The van der Waals surface area contributed by atoms with Crippen LogP contribution in [0.5, 0.6) is 0 Å². The largest absolute Gasteiger partial charge is 0.300 e. The van der Waals surface area contributed by atoms with Crippen LogP contribution in [0.3, 0.4) is 0 Å². The van der Waals surface area contributed by atoms with Gasteiger partial charge in [0.05, 0.1) is 24.2 Å². The van der Waals surface area contributed by atoms with Crippen LogP contribution in [0.1, 0.15) is 38.6 Å². The zero-order valence-electron chi connectivity index (χ0n) is 18.0. The van der Waals surface area contributed by atoms with Crippen molar-refractivity contribution in [2.45, 2.75) is 45.4 Å². The lowest BCUT2D eigenvalue weighted by molar-refractivity contribution is 0.154. The summed E-state index contributed by atoms with van der Waals surface area (Å²) >= 11 is 5.76. The molecule has 10 heteroatoms. The minimum absolute atomic E-state index is 0.0236. The quantitative estimate of drug-likeness (QED) is 0.570. The third kappa shape index (κ3) is 4.99. The highest BCUT2D eigenvalue weighted by atomic mass is 32.2. The van der Waals surface area contributed by atoms with Gasteiger partial charge in [-0.3, -0.25) is 14.4 Å². The van der Waals surface area contributed by atoms with Gasteiger partial charge < -0.3 is 0 Å². The van der Waals surface area contributed by atoms with E-state index in [1.165, 1.54) is 12.1 Å². The van der Waals surface area contributed by atoms with Crippen LogP contribution in [0.15, 0.2) is 24.3 Å². The van der Waals surface area contributed by atoms with E-state index in [0.29, 0.717) is 17.9 Å². The van der Waals surface area contributed by atoms with E-state index in [1.54, 1.807) is 16.8 Å². The van der Waals surface area contributed by atoms with Gasteiger partial charge in [-0.25, -0.2) is 17.5 Å². The van der Waals surface area contributed by atoms with Crippen LogP contribution in [0, 0.1) is 10.6 Å². The number of halogens is 1. The number of aromatic nitrogens is 3. The van der Waals surface area contributed by atoms with Crippen molar-refractivity contribution in [2.24, 2.45) is 0 Å². The Labute approximate surface area is 183 Å². The molecule has 1 fully saturated rings. The van der Waals surface area contributed by atoms with Crippen molar-refractivity contribution in [1.29, 1.82) is 0 Å². The van der Waals surface area contributed by atoms with Crippen molar-refractivity contribution in [3.8, 4) is 5.69 Å². The van der Waals surface area contributed by atoms with Gasteiger partial charge in [-0.15, -0.1) is 0 Å². The predicted octanol–water partition coefficient (Wildman–Crippen LogP) is 3.02. The maximum Gasteiger partial charge on any atom is 0.203 e. The van der Waals surface area contributed by atoms with Crippen molar-refractivity contribution in [1.82, 2.24) is 24.1 Å². The van der Waals surface area contributed by atoms with Gasteiger partial charge in [-0.1, -0.05) is 6.92 Å². The molecular formula is C20H30FN5O2S2. The molecule has 1 aromatic carbocycles. The highest BCUT2D eigenvalue weighted by Gasteiger charge is 2.32. The molecule has 0 aliphatic carbocycles. The topological polar surface area (TPSA) is 63.4 Å². The van der Waals surface area contributed by atoms with E-state index in [1.807, 2.05) is 30.5 Å². The summed E-state index contributed by atoms with van der Waals surface area (Å²) in [4.78, 5) is 4.20. The Morgan fingerprint density at radius 1 is 1.30 bits per heavy atom. The summed E-state index contributed by atoms with van der Waals surface area (Å²) in [6.07, 6.45) is 1.54. The van der Waals surface area contributed by atoms with Gasteiger partial charge in [0.1, 0.15) is 5.82 Å². The number of nitrogens with zero attached hydrogens (tertiary/aromatic N) is 5. The zero-order valence-corrected chi connectivity index (χ0v) is 19.6. The Morgan fingerprint density at radius 3 is 2.50 bits per heavy atom. The van der Waals surface area contributed by atoms with Crippen LogP contribution >= 0.6 is 12.2 Å². The summed E-state index contributed by atoms with van der Waals surface area (Å²) in [6.45, 7) is 5.30. The van der Waals surface area contributed by atoms with E-state index in [0.717, 1.165) is 24.5 Å². The third-order valence-electron chi connectivity index (χ3n) is 5.65. The smallest absolute Gasteiger partial charge is 0.203 e. The Kier molecular flexibility index (Phi) is 7.11. The number of sulfone groups is 1. The highest BCUT2D eigenvalue weighted by molar-refractivity contribution is 7.91. The first-order chi connectivity index (χ1) is 14.1. The molecule has 166 valence electrons. The fraction of sp³-hybridized carbons (Fsp3) is 0.600. The van der Waals surface area contributed by atoms with Gasteiger partial charge in [0.2, 0.25) is 4.77 Å². The summed E-state index contributed by atoms with van der Waals surface area (Å²) in [6, 6.07) is 6.15. The fourth-order valence-corrected chi connectivity index (χ4v) is 5.80. The van der Waals surface area contributed by atoms with Crippen molar-refractivity contribution in [3.63, 3.8) is 0 Å². The zero-order chi connectivity index (χ0) is 22.1. The van der Waals surface area contributed by atoms with E-state index >= 15 is 0 Å². The van der Waals surface area contributed by atoms with Gasteiger partial charge in [0, 0.05) is 11.7 Å². The second-order valence-electron chi connectivity index (χ2n) is 8.10. The standard InChI is InChI=1S/C20H30FN5O2S2/c1-5-11-24(18-10-12-30(27,28)13-18)14-25-20(29)26(17-8-6-16(21)7-9-17)19(22-25)15(2)23(3)4/h6-9,15,18H,5,10-14H2,1-4H3. The molecule has 7 nitrogen and oxygen atoms in total. The molecule has 1 saturated heterocycles. The molecule has 1 aliphatic heterocycles. The molecule has 0 N–H and O–H groups in total. The van der Waals surface area contributed by atoms with E-state index < -0.39 is 9.84 Å². The van der Waals surface area contributed by atoms with Gasteiger partial charge in [0.15, 0.2) is 15.7 Å². The minimum atomic E-state index is -2.98. The monoisotopic (exact) mass is 455 g/mol. The Bertz CT molecular complexity index is 1030. The van der Waals surface area contributed by atoms with Gasteiger partial charge in [-0.05, 0) is 76.9 Å². The summed E-state index contributed by atoms with van der Waals surface area (Å²) in [5.41, 5.74) is 0.752. The molecular weight excluding hydrogens is 425 g/mol. The lowest BCUT2D eigenvalue weighted by atomic mass is 10.2. The molecule has 1 aliphatic rings. The second kappa shape index (κ2) is 9.25. The lowest BCUT2D eigenvalue weighted by Gasteiger charge is -2.27. The maximum atomic E-state index is 13.5. The predicted molar refractivity (Wildman–Crippen MR) is 119 cm³/mol. The van der Waals surface area contributed by atoms with Crippen LogP contribution in [-0.2, 0) is 16.5 Å². The van der Waals surface area contributed by atoms with Crippen molar-refractivity contribution in [3.05, 3.63) is 40.7 Å². The van der Waals surface area contributed by atoms with Gasteiger partial charge >= 0.3 is 0 Å². The first-order valence-corrected chi connectivity index (χ1v) is 12.4. The number of benzene rings is 1. The second-order valence-corrected chi connectivity index (χ2v) is 10.7. The number of hydrogen-bond donors (Lipinski definition) is 0. The molecule has 0 spiro atoms. The molecule has 0 radical (unpaired) electrons. The van der Waals surface area contributed by atoms with Crippen LogP contribution < -0.4 is 0 Å². The Balaban J connectivity index is 2.01. The van der Waals surface area contributed by atoms with Crippen LogP contribution in [0.4, 0.5) is 4.39 Å². The Hall–Kier alpha value is -1.62. The average Bonchev–Trinajstić information content (AvgIpc) is 3.21. The molecule has 0 bridgehead atoms. The Morgan fingerprint density at radius 2 is 1.97 bits per heavy atom. The highest BCUT2D eigenvalue weighted by Crippen LogP contribution is 2.23. The van der Waals surface area contributed by atoms with Crippen molar-refractivity contribution < 1.29 is 12.8 Å². The normalized spacial score (nSPS) is 19.6. The average molecular weight is 456 g/mol. The molecule has 0 amide bonds. The molecule has 2 unspecified atom stereocenters. The summed E-state index contributed by atoms with van der Waals surface area (Å²) < 4.78 is 41.6. The molecule has 1 aromatic heterocycles. The molecule has 2 aromatic rings. The number of rotatable bonds is 8. The molecule has 30 heavy (non-hydrogen) atoms. The van der Waals surface area contributed by atoms with Crippen molar-refractivity contribution in [2.75, 3.05) is 32.1 Å². The minimum Gasteiger partial charge on any atom is -0.300 e. The first kappa shape index (κ1) is 23.1. The first-order valence-electron chi connectivity index (χ1n) is 10.2. The van der Waals surface area contributed by atoms with Crippen LogP contribution in [0.25, 0.3) is 5.69 Å². The van der Waals surface area contributed by atoms with Crippen LogP contribution in [0.2, 0.25) is 0 Å². The summed E-state index contributed by atoms with van der Waals surface area (Å²) in [7, 11) is 0.953. The van der Waals surface area contributed by atoms with E-state index in [-0.39, 0.29) is 29.4 Å². The van der Waals surface area contributed by atoms with Gasteiger partial charge in [-0.2, -0.15) is 5.10 Å². The van der Waals surface area contributed by atoms with Crippen molar-refractivity contribution >= 4 is 22.1 Å². The molecule has 0 saturated carbocycles. The fourth-order valence-electron chi connectivity index (χ4n) is 3.74. The SMILES string of the molecule is CCCN(Cn1nc(C(C)N(C)C)n(-c2ccc(F)cc2)c1=S)C1CCS(=O)(=O)C1. The van der Waals surface area contributed by atoms with E-state index in [4.69, 9.17) is 17.3 Å². The molecule has 3 rings (SSSR count). The summed E-state index contributed by atoms with van der Waals surface area (Å²) in [5, 5.41) is 4.81.